The van der Waals surface area contributed by atoms with Gasteiger partial charge in [0.05, 0.1) is 13.7 Å². The molecule has 0 radical (unpaired) electrons. The molecule has 2 aromatic rings. The monoisotopic (exact) mass is 341 g/mol. The summed E-state index contributed by atoms with van der Waals surface area (Å²) in [6.07, 6.45) is 6.11. The lowest BCUT2D eigenvalue weighted by molar-refractivity contribution is 0.0729. The normalized spacial score (nSPS) is 22.2. The highest BCUT2D eigenvalue weighted by Crippen LogP contribution is 2.29. The van der Waals surface area contributed by atoms with Gasteiger partial charge < -0.3 is 4.74 Å². The Bertz CT molecular complexity index is 698. The number of hydrogen-bond donors (Lipinski definition) is 0. The Morgan fingerprint density at radius 2 is 2.08 bits per heavy atom. The number of hydrogen-bond acceptors (Lipinski definition) is 5. The van der Waals surface area contributed by atoms with E-state index in [1.165, 1.54) is 31.5 Å². The fourth-order valence-electron chi connectivity index (χ4n) is 3.81. The topological polar surface area (TPSA) is 46.4 Å². The average Bonchev–Trinajstić information content (AvgIpc) is 3.35. The van der Waals surface area contributed by atoms with E-state index in [0.717, 1.165) is 30.4 Å². The van der Waals surface area contributed by atoms with Gasteiger partial charge in [-0.25, -0.2) is 9.67 Å². The molecular formula is C19H27N5O. The molecule has 1 aromatic carbocycles. The Morgan fingerprint density at radius 3 is 2.76 bits per heavy atom. The van der Waals surface area contributed by atoms with Crippen molar-refractivity contribution in [3.63, 3.8) is 0 Å². The Hall–Kier alpha value is -1.92. The van der Waals surface area contributed by atoms with Crippen LogP contribution in [-0.2, 0) is 13.1 Å². The third-order valence-electron chi connectivity index (χ3n) is 5.39. The van der Waals surface area contributed by atoms with Crippen LogP contribution in [0, 0.1) is 0 Å². The number of piperazine rings is 1. The van der Waals surface area contributed by atoms with Gasteiger partial charge >= 0.3 is 0 Å². The maximum absolute atomic E-state index is 5.53. The van der Waals surface area contributed by atoms with Crippen LogP contribution in [-0.4, -0.2) is 63.4 Å². The van der Waals surface area contributed by atoms with E-state index >= 15 is 0 Å². The summed E-state index contributed by atoms with van der Waals surface area (Å²) in [6, 6.07) is 7.99. The second kappa shape index (κ2) is 7.14. The van der Waals surface area contributed by atoms with Crippen molar-refractivity contribution in [2.45, 2.75) is 44.9 Å². The molecule has 1 aliphatic heterocycles. The van der Waals surface area contributed by atoms with Gasteiger partial charge in [0, 0.05) is 43.8 Å². The van der Waals surface area contributed by atoms with Gasteiger partial charge in [-0.15, -0.1) is 0 Å². The van der Waals surface area contributed by atoms with Gasteiger partial charge in [-0.3, -0.25) is 9.80 Å². The maximum Gasteiger partial charge on any atom is 0.137 e. The third-order valence-corrected chi connectivity index (χ3v) is 5.39. The van der Waals surface area contributed by atoms with E-state index in [1.807, 2.05) is 4.68 Å². The number of aromatic nitrogens is 3. The molecule has 1 saturated carbocycles. The van der Waals surface area contributed by atoms with Gasteiger partial charge in [-0.1, -0.05) is 6.07 Å². The molecule has 0 spiro atoms. The van der Waals surface area contributed by atoms with Gasteiger partial charge in [-0.05, 0) is 37.5 Å². The molecular weight excluding hydrogens is 314 g/mol. The summed E-state index contributed by atoms with van der Waals surface area (Å²) < 4.78 is 7.36. The zero-order valence-corrected chi connectivity index (χ0v) is 15.1. The summed E-state index contributed by atoms with van der Waals surface area (Å²) in [7, 11) is 1.72. The first-order chi connectivity index (χ1) is 12.2. The van der Waals surface area contributed by atoms with Crippen LogP contribution in [0.5, 0.6) is 5.75 Å². The second-order valence-electron chi connectivity index (χ2n) is 7.28. The third kappa shape index (κ3) is 3.85. The zero-order chi connectivity index (χ0) is 17.2. The summed E-state index contributed by atoms with van der Waals surface area (Å²) in [6.45, 7) is 7.59. The van der Waals surface area contributed by atoms with E-state index in [-0.39, 0.29) is 0 Å². The summed E-state index contributed by atoms with van der Waals surface area (Å²) >= 11 is 0. The van der Waals surface area contributed by atoms with Crippen molar-refractivity contribution in [1.82, 2.24) is 24.6 Å². The lowest BCUT2D eigenvalue weighted by atomic mass is 10.1. The van der Waals surface area contributed by atoms with Crippen LogP contribution in [0.2, 0.25) is 0 Å². The quantitative estimate of drug-likeness (QED) is 0.804. The minimum absolute atomic E-state index is 0.607. The molecule has 2 fully saturated rings. The fourth-order valence-corrected chi connectivity index (χ4v) is 3.81. The fraction of sp³-hybridized carbons (Fsp3) is 0.579. The summed E-state index contributed by atoms with van der Waals surface area (Å²) in [5, 5.41) is 4.21. The molecule has 4 rings (SSSR count). The average molecular weight is 341 g/mol. The molecule has 6 heteroatoms. The highest BCUT2D eigenvalue weighted by molar-refractivity contribution is 5.37. The van der Waals surface area contributed by atoms with Crippen LogP contribution in [0.4, 0.5) is 0 Å². The van der Waals surface area contributed by atoms with Crippen LogP contribution >= 0.6 is 0 Å². The van der Waals surface area contributed by atoms with Crippen LogP contribution in [0.25, 0.3) is 0 Å². The number of benzene rings is 1. The Morgan fingerprint density at radius 1 is 1.20 bits per heavy atom. The first-order valence-corrected chi connectivity index (χ1v) is 9.19. The lowest BCUT2D eigenvalue weighted by Gasteiger charge is -2.40. The van der Waals surface area contributed by atoms with Crippen molar-refractivity contribution in [2.75, 3.05) is 26.7 Å². The van der Waals surface area contributed by atoms with Gasteiger partial charge in [0.15, 0.2) is 0 Å². The lowest BCUT2D eigenvalue weighted by Crippen LogP contribution is -2.51. The van der Waals surface area contributed by atoms with Crippen molar-refractivity contribution in [3.8, 4) is 5.75 Å². The second-order valence-corrected chi connectivity index (χ2v) is 7.28. The molecule has 2 aliphatic rings. The highest BCUT2D eigenvalue weighted by Gasteiger charge is 2.33. The molecule has 1 atom stereocenters. The smallest absolute Gasteiger partial charge is 0.137 e. The van der Waals surface area contributed by atoms with Crippen molar-refractivity contribution in [1.29, 1.82) is 0 Å². The molecule has 1 saturated heterocycles. The summed E-state index contributed by atoms with van der Waals surface area (Å²) in [4.78, 5) is 9.29. The van der Waals surface area contributed by atoms with Gasteiger partial charge in [0.1, 0.15) is 18.4 Å². The molecule has 6 nitrogen and oxygen atoms in total. The van der Waals surface area contributed by atoms with Crippen molar-refractivity contribution in [2.24, 2.45) is 0 Å². The molecule has 1 unspecified atom stereocenters. The van der Waals surface area contributed by atoms with Gasteiger partial charge in [0.25, 0.3) is 0 Å². The predicted octanol–water partition coefficient (Wildman–Crippen LogP) is 2.00. The number of nitrogens with zero attached hydrogens (tertiary/aromatic N) is 5. The molecule has 25 heavy (non-hydrogen) atoms. The summed E-state index contributed by atoms with van der Waals surface area (Å²) in [5.74, 6) is 0.908. The Labute approximate surface area is 149 Å². The molecule has 1 aromatic heterocycles. The number of ether oxygens (including phenoxy) is 1. The molecule has 0 N–H and O–H groups in total. The van der Waals surface area contributed by atoms with Crippen molar-refractivity contribution >= 4 is 0 Å². The molecule has 0 amide bonds. The van der Waals surface area contributed by atoms with E-state index in [4.69, 9.17) is 4.74 Å². The van der Waals surface area contributed by atoms with E-state index in [9.17, 15) is 0 Å². The van der Waals surface area contributed by atoms with Gasteiger partial charge in [0.2, 0.25) is 0 Å². The van der Waals surface area contributed by atoms with Crippen LogP contribution in [0.1, 0.15) is 30.9 Å². The highest BCUT2D eigenvalue weighted by atomic mass is 16.5. The Balaban J connectivity index is 1.45. The molecule has 2 heterocycles. The number of rotatable bonds is 6. The van der Waals surface area contributed by atoms with E-state index in [0.29, 0.717) is 12.6 Å². The standard InChI is InChI=1S/C19H27N5O/c1-15-10-23(18-4-5-18)8-7-22(15)11-16-3-6-19(25-2)17(9-16)12-24-14-20-13-21-24/h3,6,9,13-15,18H,4-5,7-8,10-12H2,1-2H3. The minimum Gasteiger partial charge on any atom is -0.496 e. The largest absolute Gasteiger partial charge is 0.496 e. The Kier molecular flexibility index (Phi) is 4.72. The first kappa shape index (κ1) is 16.5. The zero-order valence-electron chi connectivity index (χ0n) is 15.1. The van der Waals surface area contributed by atoms with Crippen LogP contribution in [0.15, 0.2) is 30.9 Å². The van der Waals surface area contributed by atoms with Gasteiger partial charge in [-0.2, -0.15) is 5.10 Å². The SMILES string of the molecule is COc1ccc(CN2CCN(C3CC3)CC2C)cc1Cn1cncn1. The minimum atomic E-state index is 0.607. The van der Waals surface area contributed by atoms with Crippen molar-refractivity contribution < 1.29 is 4.74 Å². The number of methoxy groups -OCH3 is 1. The molecule has 134 valence electrons. The first-order valence-electron chi connectivity index (χ1n) is 9.19. The molecule has 0 bridgehead atoms. The van der Waals surface area contributed by atoms with Crippen LogP contribution in [0.3, 0.4) is 0 Å². The van der Waals surface area contributed by atoms with Crippen molar-refractivity contribution in [3.05, 3.63) is 42.0 Å². The predicted molar refractivity (Wildman–Crippen MR) is 96.6 cm³/mol. The van der Waals surface area contributed by atoms with E-state index < -0.39 is 0 Å². The van der Waals surface area contributed by atoms with E-state index in [1.54, 1.807) is 19.8 Å². The molecule has 1 aliphatic carbocycles. The van der Waals surface area contributed by atoms with E-state index in [2.05, 4.69) is 45.0 Å². The summed E-state index contributed by atoms with van der Waals surface area (Å²) in [5.41, 5.74) is 2.48. The van der Waals surface area contributed by atoms with Crippen LogP contribution < -0.4 is 4.74 Å². The maximum atomic E-state index is 5.53.